The Balaban J connectivity index is 2.08. The van der Waals surface area contributed by atoms with E-state index in [-0.39, 0.29) is 0 Å². The van der Waals surface area contributed by atoms with Gasteiger partial charge in [-0.15, -0.1) is 0 Å². The lowest BCUT2D eigenvalue weighted by molar-refractivity contribution is 0.106. The summed E-state index contributed by atoms with van der Waals surface area (Å²) in [5, 5.41) is 3.56. The monoisotopic (exact) mass is 214 g/mol. The highest BCUT2D eigenvalue weighted by molar-refractivity contribution is 4.72. The van der Waals surface area contributed by atoms with Gasteiger partial charge in [-0.05, 0) is 32.9 Å². The van der Waals surface area contributed by atoms with Gasteiger partial charge in [0, 0.05) is 25.7 Å². The van der Waals surface area contributed by atoms with Gasteiger partial charge in [0.2, 0.25) is 0 Å². The second kappa shape index (κ2) is 7.20. The first-order chi connectivity index (χ1) is 7.26. The van der Waals surface area contributed by atoms with Crippen molar-refractivity contribution in [3.63, 3.8) is 0 Å². The van der Waals surface area contributed by atoms with Crippen LogP contribution in [0.15, 0.2) is 0 Å². The molecule has 0 aliphatic carbocycles. The van der Waals surface area contributed by atoms with E-state index in [1.165, 1.54) is 12.8 Å². The summed E-state index contributed by atoms with van der Waals surface area (Å²) >= 11 is 0. The second-order valence-corrected chi connectivity index (χ2v) is 4.43. The maximum atomic E-state index is 5.58. The summed E-state index contributed by atoms with van der Waals surface area (Å²) in [7, 11) is 0. The lowest BCUT2D eigenvalue weighted by atomic mass is 10.2. The van der Waals surface area contributed by atoms with Crippen LogP contribution < -0.4 is 5.32 Å². The molecule has 0 aromatic carbocycles. The molecule has 0 amide bonds. The minimum Gasteiger partial charge on any atom is -0.377 e. The van der Waals surface area contributed by atoms with E-state index in [0.717, 1.165) is 32.8 Å². The van der Waals surface area contributed by atoms with E-state index in [2.05, 4.69) is 31.0 Å². The third-order valence-corrected chi connectivity index (χ3v) is 3.14. The quantitative estimate of drug-likeness (QED) is 0.695. The fraction of sp³-hybridized carbons (Fsp3) is 1.00. The van der Waals surface area contributed by atoms with Crippen molar-refractivity contribution in [2.45, 2.75) is 45.8 Å². The molecule has 0 aromatic heterocycles. The summed E-state index contributed by atoms with van der Waals surface area (Å²) in [5.41, 5.74) is 0. The van der Waals surface area contributed by atoms with Crippen LogP contribution in [0.3, 0.4) is 0 Å². The van der Waals surface area contributed by atoms with Crippen LogP contribution in [0.2, 0.25) is 0 Å². The van der Waals surface area contributed by atoms with Crippen LogP contribution in [0.5, 0.6) is 0 Å². The SMILES string of the molecule is CCN(CC)CC(C)NC[C@@H]1CCCO1. The van der Waals surface area contributed by atoms with Crippen molar-refractivity contribution in [2.24, 2.45) is 0 Å². The Hall–Kier alpha value is -0.120. The zero-order valence-corrected chi connectivity index (χ0v) is 10.5. The number of hydrogen-bond acceptors (Lipinski definition) is 3. The molecule has 0 spiro atoms. The third-order valence-electron chi connectivity index (χ3n) is 3.14. The molecular weight excluding hydrogens is 188 g/mol. The van der Waals surface area contributed by atoms with Crippen molar-refractivity contribution in [3.05, 3.63) is 0 Å². The molecule has 1 rings (SSSR count). The molecule has 3 nitrogen and oxygen atoms in total. The largest absolute Gasteiger partial charge is 0.377 e. The molecule has 1 N–H and O–H groups in total. The number of ether oxygens (including phenoxy) is 1. The summed E-state index contributed by atoms with van der Waals surface area (Å²) < 4.78 is 5.58. The van der Waals surface area contributed by atoms with Crippen LogP contribution in [0.4, 0.5) is 0 Å². The summed E-state index contributed by atoms with van der Waals surface area (Å²) in [4.78, 5) is 2.45. The van der Waals surface area contributed by atoms with Crippen LogP contribution in [-0.2, 0) is 4.74 Å². The first kappa shape index (κ1) is 12.9. The van der Waals surface area contributed by atoms with Crippen LogP contribution in [-0.4, -0.2) is 49.8 Å². The lowest BCUT2D eigenvalue weighted by Crippen LogP contribution is -2.41. The van der Waals surface area contributed by atoms with Crippen molar-refractivity contribution in [3.8, 4) is 0 Å². The Bertz CT molecular complexity index is 154. The summed E-state index contributed by atoms with van der Waals surface area (Å²) in [6.45, 7) is 12.1. The minimum atomic E-state index is 0.462. The van der Waals surface area contributed by atoms with Crippen LogP contribution in [0, 0.1) is 0 Å². The van der Waals surface area contributed by atoms with Gasteiger partial charge in [0.15, 0.2) is 0 Å². The predicted molar refractivity (Wildman–Crippen MR) is 64.2 cm³/mol. The molecule has 3 heteroatoms. The Kier molecular flexibility index (Phi) is 6.22. The second-order valence-electron chi connectivity index (χ2n) is 4.43. The highest BCUT2D eigenvalue weighted by Crippen LogP contribution is 2.10. The number of nitrogens with zero attached hydrogens (tertiary/aromatic N) is 1. The molecule has 2 atom stereocenters. The van der Waals surface area contributed by atoms with Crippen molar-refractivity contribution in [1.82, 2.24) is 10.2 Å². The zero-order chi connectivity index (χ0) is 11.1. The fourth-order valence-corrected chi connectivity index (χ4v) is 2.07. The topological polar surface area (TPSA) is 24.5 Å². The smallest absolute Gasteiger partial charge is 0.0700 e. The van der Waals surface area contributed by atoms with E-state index in [0.29, 0.717) is 12.1 Å². The van der Waals surface area contributed by atoms with Crippen LogP contribution in [0.1, 0.15) is 33.6 Å². The molecule has 1 heterocycles. The minimum absolute atomic E-state index is 0.462. The molecule has 1 saturated heterocycles. The first-order valence-electron chi connectivity index (χ1n) is 6.33. The number of rotatable bonds is 7. The van der Waals surface area contributed by atoms with Gasteiger partial charge in [0.1, 0.15) is 0 Å². The molecule has 15 heavy (non-hydrogen) atoms. The van der Waals surface area contributed by atoms with E-state index in [1.807, 2.05) is 0 Å². The Morgan fingerprint density at radius 2 is 2.13 bits per heavy atom. The van der Waals surface area contributed by atoms with Crippen LogP contribution >= 0.6 is 0 Å². The molecule has 90 valence electrons. The molecule has 0 aromatic rings. The molecule has 1 unspecified atom stereocenters. The normalized spacial score (nSPS) is 23.6. The Labute approximate surface area is 94.2 Å². The fourth-order valence-electron chi connectivity index (χ4n) is 2.07. The zero-order valence-electron chi connectivity index (χ0n) is 10.5. The van der Waals surface area contributed by atoms with Crippen molar-refractivity contribution < 1.29 is 4.74 Å². The summed E-state index contributed by atoms with van der Waals surface area (Å²) in [6.07, 6.45) is 2.92. The highest BCUT2D eigenvalue weighted by atomic mass is 16.5. The molecule has 1 fully saturated rings. The van der Waals surface area contributed by atoms with E-state index >= 15 is 0 Å². The molecule has 0 radical (unpaired) electrons. The van der Waals surface area contributed by atoms with Gasteiger partial charge in [-0.1, -0.05) is 13.8 Å². The average molecular weight is 214 g/mol. The number of nitrogens with one attached hydrogen (secondary N) is 1. The van der Waals surface area contributed by atoms with Gasteiger partial charge >= 0.3 is 0 Å². The van der Waals surface area contributed by atoms with Gasteiger partial charge in [-0.3, -0.25) is 0 Å². The van der Waals surface area contributed by atoms with Crippen LogP contribution in [0.25, 0.3) is 0 Å². The van der Waals surface area contributed by atoms with Gasteiger partial charge in [-0.2, -0.15) is 0 Å². The molecule has 1 aliphatic rings. The van der Waals surface area contributed by atoms with Gasteiger partial charge < -0.3 is 15.0 Å². The molecular formula is C12H26N2O. The Morgan fingerprint density at radius 3 is 2.67 bits per heavy atom. The average Bonchev–Trinajstić information content (AvgIpc) is 2.75. The first-order valence-corrected chi connectivity index (χ1v) is 6.33. The van der Waals surface area contributed by atoms with E-state index in [9.17, 15) is 0 Å². The van der Waals surface area contributed by atoms with E-state index in [4.69, 9.17) is 4.74 Å². The highest BCUT2D eigenvalue weighted by Gasteiger charge is 2.16. The maximum Gasteiger partial charge on any atom is 0.0700 e. The van der Waals surface area contributed by atoms with E-state index < -0.39 is 0 Å². The van der Waals surface area contributed by atoms with Crippen molar-refractivity contribution >= 4 is 0 Å². The molecule has 0 bridgehead atoms. The van der Waals surface area contributed by atoms with Crippen molar-refractivity contribution in [1.29, 1.82) is 0 Å². The molecule has 1 aliphatic heterocycles. The summed E-state index contributed by atoms with van der Waals surface area (Å²) in [6, 6.07) is 0.564. The Morgan fingerprint density at radius 1 is 1.40 bits per heavy atom. The standard InChI is InChI=1S/C12H26N2O/c1-4-14(5-2)10-11(3)13-9-12-7-6-8-15-12/h11-13H,4-10H2,1-3H3/t11?,12-/m0/s1. The van der Waals surface area contributed by atoms with Crippen molar-refractivity contribution in [2.75, 3.05) is 32.8 Å². The lowest BCUT2D eigenvalue weighted by Gasteiger charge is -2.24. The number of likely N-dealkylation sites (N-methyl/N-ethyl adjacent to an activating group) is 1. The summed E-state index contributed by atoms with van der Waals surface area (Å²) in [5.74, 6) is 0. The maximum absolute atomic E-state index is 5.58. The number of hydrogen-bond donors (Lipinski definition) is 1. The predicted octanol–water partition coefficient (Wildman–Crippen LogP) is 1.49. The van der Waals surface area contributed by atoms with Gasteiger partial charge in [-0.25, -0.2) is 0 Å². The molecule has 0 saturated carbocycles. The van der Waals surface area contributed by atoms with Gasteiger partial charge in [0.25, 0.3) is 0 Å². The van der Waals surface area contributed by atoms with E-state index in [1.54, 1.807) is 0 Å². The third kappa shape index (κ3) is 4.96. The van der Waals surface area contributed by atoms with Gasteiger partial charge in [0.05, 0.1) is 6.10 Å².